The number of aromatic nitrogens is 1. The molecule has 0 saturated heterocycles. The van der Waals surface area contributed by atoms with Gasteiger partial charge in [0.15, 0.2) is 0 Å². The number of hydrogen-bond donors (Lipinski definition) is 1. The first-order valence-electron chi connectivity index (χ1n) is 6.72. The quantitative estimate of drug-likeness (QED) is 0.887. The molecule has 1 aromatic heterocycles. The third-order valence-electron chi connectivity index (χ3n) is 4.15. The molecule has 1 saturated carbocycles. The zero-order valence-corrected chi connectivity index (χ0v) is 12.2. The molecule has 0 aliphatic heterocycles. The van der Waals surface area contributed by atoms with E-state index in [0.29, 0.717) is 6.04 Å². The van der Waals surface area contributed by atoms with Gasteiger partial charge in [-0.2, -0.15) is 0 Å². The van der Waals surface area contributed by atoms with Crippen LogP contribution in [0.15, 0.2) is 0 Å². The number of aryl methyl sites for hydroxylation is 2. The van der Waals surface area contributed by atoms with Crippen molar-refractivity contribution in [2.45, 2.75) is 59.5 Å². The van der Waals surface area contributed by atoms with Crippen molar-refractivity contribution in [3.05, 3.63) is 15.6 Å². The molecule has 2 rings (SSSR count). The zero-order valence-electron chi connectivity index (χ0n) is 11.4. The summed E-state index contributed by atoms with van der Waals surface area (Å²) in [6.07, 6.45) is 4.04. The molecule has 0 amide bonds. The molecule has 0 bridgehead atoms. The van der Waals surface area contributed by atoms with Crippen LogP contribution in [0, 0.1) is 25.7 Å². The Kier molecular flexibility index (Phi) is 4.21. The Morgan fingerprint density at radius 1 is 1.24 bits per heavy atom. The Labute approximate surface area is 109 Å². The molecule has 3 unspecified atom stereocenters. The molecule has 1 aliphatic rings. The summed E-state index contributed by atoms with van der Waals surface area (Å²) in [6, 6.07) is 0.711. The van der Waals surface area contributed by atoms with E-state index in [1.807, 2.05) is 11.3 Å². The Bertz CT molecular complexity index is 372. The van der Waals surface area contributed by atoms with Crippen LogP contribution >= 0.6 is 11.3 Å². The predicted octanol–water partition coefficient (Wildman–Crippen LogP) is 3.67. The van der Waals surface area contributed by atoms with Gasteiger partial charge >= 0.3 is 0 Å². The van der Waals surface area contributed by atoms with Crippen LogP contribution < -0.4 is 5.32 Å². The summed E-state index contributed by atoms with van der Waals surface area (Å²) < 4.78 is 0. The average molecular weight is 252 g/mol. The van der Waals surface area contributed by atoms with Gasteiger partial charge in [0.05, 0.1) is 10.7 Å². The lowest BCUT2D eigenvalue weighted by atomic mass is 9.79. The van der Waals surface area contributed by atoms with Crippen molar-refractivity contribution in [2.24, 2.45) is 11.8 Å². The Morgan fingerprint density at radius 2 is 2.00 bits per heavy atom. The summed E-state index contributed by atoms with van der Waals surface area (Å²) in [5.74, 6) is 1.77. The fraction of sp³-hybridized carbons (Fsp3) is 0.786. The van der Waals surface area contributed by atoms with Crippen molar-refractivity contribution in [1.29, 1.82) is 0 Å². The van der Waals surface area contributed by atoms with Gasteiger partial charge < -0.3 is 5.32 Å². The van der Waals surface area contributed by atoms with Gasteiger partial charge in [-0.1, -0.05) is 13.8 Å². The molecule has 0 spiro atoms. The monoisotopic (exact) mass is 252 g/mol. The summed E-state index contributed by atoms with van der Waals surface area (Å²) in [7, 11) is 0. The highest BCUT2D eigenvalue weighted by atomic mass is 32.1. The summed E-state index contributed by atoms with van der Waals surface area (Å²) >= 11 is 1.83. The summed E-state index contributed by atoms with van der Waals surface area (Å²) in [5.41, 5.74) is 1.21. The highest BCUT2D eigenvalue weighted by molar-refractivity contribution is 7.11. The highest BCUT2D eigenvalue weighted by Gasteiger charge is 2.24. The second kappa shape index (κ2) is 5.49. The molecule has 1 fully saturated rings. The van der Waals surface area contributed by atoms with Crippen molar-refractivity contribution in [2.75, 3.05) is 0 Å². The topological polar surface area (TPSA) is 24.9 Å². The van der Waals surface area contributed by atoms with Crippen LogP contribution in [-0.2, 0) is 6.54 Å². The molecule has 1 N–H and O–H groups in total. The molecule has 17 heavy (non-hydrogen) atoms. The summed E-state index contributed by atoms with van der Waals surface area (Å²) in [5, 5.41) is 4.90. The van der Waals surface area contributed by atoms with Crippen molar-refractivity contribution >= 4 is 11.3 Å². The van der Waals surface area contributed by atoms with Crippen LogP contribution in [0.4, 0.5) is 0 Å². The standard InChI is InChI=1S/C14H24N2S/c1-9-5-6-13(7-10(9)2)15-8-14-11(3)16-12(4)17-14/h9-10,13,15H,5-8H2,1-4H3. The van der Waals surface area contributed by atoms with Crippen LogP contribution in [0.3, 0.4) is 0 Å². The average Bonchev–Trinajstić information content (AvgIpc) is 2.59. The number of nitrogens with zero attached hydrogens (tertiary/aromatic N) is 1. The van der Waals surface area contributed by atoms with Crippen molar-refractivity contribution in [3.63, 3.8) is 0 Å². The fourth-order valence-corrected chi connectivity index (χ4v) is 3.60. The van der Waals surface area contributed by atoms with Crippen LogP contribution in [0.1, 0.15) is 48.7 Å². The Hall–Kier alpha value is -0.410. The van der Waals surface area contributed by atoms with Crippen LogP contribution in [0.5, 0.6) is 0 Å². The van der Waals surface area contributed by atoms with E-state index in [1.54, 1.807) is 0 Å². The van der Waals surface area contributed by atoms with E-state index in [1.165, 1.54) is 34.8 Å². The first-order chi connectivity index (χ1) is 8.06. The van der Waals surface area contributed by atoms with Gasteiger partial charge in [-0.05, 0) is 44.9 Å². The minimum atomic E-state index is 0.711. The molecule has 1 aromatic rings. The molecular formula is C14H24N2S. The lowest BCUT2D eigenvalue weighted by molar-refractivity contribution is 0.226. The van der Waals surface area contributed by atoms with Gasteiger partial charge in [0.2, 0.25) is 0 Å². The number of nitrogens with one attached hydrogen (secondary N) is 1. The lowest BCUT2D eigenvalue weighted by Gasteiger charge is -2.32. The zero-order chi connectivity index (χ0) is 12.4. The SMILES string of the molecule is Cc1nc(C)c(CNC2CCC(C)C(C)C2)s1. The molecule has 3 atom stereocenters. The van der Waals surface area contributed by atoms with Crippen LogP contribution in [0.2, 0.25) is 0 Å². The second-order valence-electron chi connectivity index (χ2n) is 5.59. The van der Waals surface area contributed by atoms with Gasteiger partial charge in [-0.3, -0.25) is 0 Å². The van der Waals surface area contributed by atoms with Gasteiger partial charge in [0.25, 0.3) is 0 Å². The maximum atomic E-state index is 4.48. The third-order valence-corrected chi connectivity index (χ3v) is 5.22. The molecule has 96 valence electrons. The normalized spacial score (nSPS) is 29.5. The van der Waals surface area contributed by atoms with Crippen molar-refractivity contribution in [1.82, 2.24) is 10.3 Å². The maximum Gasteiger partial charge on any atom is 0.0900 e. The van der Waals surface area contributed by atoms with Gasteiger partial charge in [0, 0.05) is 17.5 Å². The molecule has 1 heterocycles. The minimum absolute atomic E-state index is 0.711. The van der Waals surface area contributed by atoms with E-state index in [2.05, 4.69) is 38.0 Å². The molecule has 3 heteroatoms. The van der Waals surface area contributed by atoms with Crippen LogP contribution in [0.25, 0.3) is 0 Å². The summed E-state index contributed by atoms with van der Waals surface area (Å²) in [4.78, 5) is 5.89. The first kappa shape index (κ1) is 13.0. The lowest BCUT2D eigenvalue weighted by Crippen LogP contribution is -2.35. The van der Waals surface area contributed by atoms with Gasteiger partial charge in [-0.25, -0.2) is 4.98 Å². The Balaban J connectivity index is 1.84. The third kappa shape index (κ3) is 3.29. The van der Waals surface area contributed by atoms with E-state index in [-0.39, 0.29) is 0 Å². The Morgan fingerprint density at radius 3 is 2.59 bits per heavy atom. The minimum Gasteiger partial charge on any atom is -0.309 e. The number of rotatable bonds is 3. The van der Waals surface area contributed by atoms with Gasteiger partial charge in [0.1, 0.15) is 0 Å². The smallest absolute Gasteiger partial charge is 0.0900 e. The number of thiazole rings is 1. The molecule has 0 radical (unpaired) electrons. The van der Waals surface area contributed by atoms with E-state index in [9.17, 15) is 0 Å². The predicted molar refractivity (Wildman–Crippen MR) is 74.4 cm³/mol. The van der Waals surface area contributed by atoms with E-state index in [4.69, 9.17) is 0 Å². The largest absolute Gasteiger partial charge is 0.309 e. The van der Waals surface area contributed by atoms with E-state index < -0.39 is 0 Å². The number of hydrogen-bond acceptors (Lipinski definition) is 3. The van der Waals surface area contributed by atoms with Crippen LogP contribution in [-0.4, -0.2) is 11.0 Å². The van der Waals surface area contributed by atoms with Crippen molar-refractivity contribution < 1.29 is 0 Å². The molecule has 0 aromatic carbocycles. The second-order valence-corrected chi connectivity index (χ2v) is 6.87. The molecule has 2 nitrogen and oxygen atoms in total. The van der Waals surface area contributed by atoms with Gasteiger partial charge in [-0.15, -0.1) is 11.3 Å². The van der Waals surface area contributed by atoms with E-state index >= 15 is 0 Å². The van der Waals surface area contributed by atoms with E-state index in [0.717, 1.165) is 18.4 Å². The highest BCUT2D eigenvalue weighted by Crippen LogP contribution is 2.29. The van der Waals surface area contributed by atoms with Crippen molar-refractivity contribution in [3.8, 4) is 0 Å². The molecular weight excluding hydrogens is 228 g/mol. The molecule has 1 aliphatic carbocycles. The maximum absolute atomic E-state index is 4.48. The summed E-state index contributed by atoms with van der Waals surface area (Å²) in [6.45, 7) is 9.99. The first-order valence-corrected chi connectivity index (χ1v) is 7.54. The fourth-order valence-electron chi connectivity index (χ4n) is 2.71.